The van der Waals surface area contributed by atoms with Crippen molar-refractivity contribution in [1.29, 1.82) is 0 Å². The van der Waals surface area contributed by atoms with Gasteiger partial charge in [0.05, 0.1) is 25.5 Å². The molecule has 0 aromatic heterocycles. The SMILES string of the molecule is CCOc1cc(NC(=O)NC(CCSC)C(=O)O)cc(OCC)c1OCC. The summed E-state index contributed by atoms with van der Waals surface area (Å²) in [7, 11) is 0. The van der Waals surface area contributed by atoms with Gasteiger partial charge in [0.2, 0.25) is 5.75 Å². The number of nitrogens with one attached hydrogen (secondary N) is 2. The summed E-state index contributed by atoms with van der Waals surface area (Å²) < 4.78 is 16.8. The molecule has 27 heavy (non-hydrogen) atoms. The first kappa shape index (κ1) is 22.8. The van der Waals surface area contributed by atoms with Gasteiger partial charge in [-0.1, -0.05) is 0 Å². The van der Waals surface area contributed by atoms with E-state index in [1.54, 1.807) is 12.1 Å². The number of carboxylic acid groups (broad SMARTS) is 1. The number of carbonyl (C=O) groups excluding carboxylic acids is 1. The molecule has 3 N–H and O–H groups in total. The van der Waals surface area contributed by atoms with Crippen LogP contribution in [0.4, 0.5) is 10.5 Å². The maximum atomic E-state index is 12.2. The van der Waals surface area contributed by atoms with Crippen molar-refractivity contribution in [3.63, 3.8) is 0 Å². The van der Waals surface area contributed by atoms with Gasteiger partial charge in [0.25, 0.3) is 0 Å². The van der Waals surface area contributed by atoms with E-state index in [9.17, 15) is 14.7 Å². The van der Waals surface area contributed by atoms with Gasteiger partial charge in [-0.25, -0.2) is 9.59 Å². The molecule has 0 spiro atoms. The molecular weight excluding hydrogens is 372 g/mol. The van der Waals surface area contributed by atoms with Gasteiger partial charge >= 0.3 is 12.0 Å². The van der Waals surface area contributed by atoms with Crippen molar-refractivity contribution in [2.45, 2.75) is 33.2 Å². The number of rotatable bonds is 12. The van der Waals surface area contributed by atoms with Crippen molar-refractivity contribution in [2.75, 3.05) is 37.1 Å². The van der Waals surface area contributed by atoms with Crippen LogP contribution in [0.1, 0.15) is 27.2 Å². The Morgan fingerprint density at radius 1 is 1.07 bits per heavy atom. The quantitative estimate of drug-likeness (QED) is 0.495. The monoisotopic (exact) mass is 400 g/mol. The lowest BCUT2D eigenvalue weighted by Crippen LogP contribution is -2.43. The molecule has 1 aromatic rings. The molecule has 8 nitrogen and oxygen atoms in total. The summed E-state index contributed by atoms with van der Waals surface area (Å²) in [6, 6.07) is 1.66. The van der Waals surface area contributed by atoms with Crippen LogP contribution in [0.25, 0.3) is 0 Å². The fourth-order valence-corrected chi connectivity index (χ4v) is 2.75. The van der Waals surface area contributed by atoms with Crippen molar-refractivity contribution in [1.82, 2.24) is 5.32 Å². The number of carbonyl (C=O) groups is 2. The van der Waals surface area contributed by atoms with E-state index in [0.717, 1.165) is 0 Å². The molecule has 1 rings (SSSR count). The smallest absolute Gasteiger partial charge is 0.326 e. The van der Waals surface area contributed by atoms with E-state index in [1.807, 2.05) is 27.0 Å². The zero-order valence-corrected chi connectivity index (χ0v) is 17.0. The van der Waals surface area contributed by atoms with Gasteiger partial charge in [-0.15, -0.1) is 0 Å². The first-order valence-corrected chi connectivity index (χ1v) is 10.2. The summed E-state index contributed by atoms with van der Waals surface area (Å²) in [6.45, 7) is 6.79. The third-order valence-electron chi connectivity index (χ3n) is 3.38. The zero-order chi connectivity index (χ0) is 20.2. The molecule has 0 aliphatic heterocycles. The second-order valence-electron chi connectivity index (χ2n) is 5.37. The first-order valence-electron chi connectivity index (χ1n) is 8.82. The number of anilines is 1. The predicted octanol–water partition coefficient (Wildman–Crippen LogP) is 3.21. The highest BCUT2D eigenvalue weighted by Gasteiger charge is 2.21. The topological polar surface area (TPSA) is 106 Å². The minimum Gasteiger partial charge on any atom is -0.490 e. The number of hydrogen-bond acceptors (Lipinski definition) is 6. The van der Waals surface area contributed by atoms with Crippen molar-refractivity contribution in [3.05, 3.63) is 12.1 Å². The molecule has 1 aromatic carbocycles. The number of carboxylic acids is 1. The summed E-state index contributed by atoms with van der Waals surface area (Å²) >= 11 is 1.52. The molecule has 0 radical (unpaired) electrons. The highest BCUT2D eigenvalue weighted by atomic mass is 32.2. The predicted molar refractivity (Wildman–Crippen MR) is 107 cm³/mol. The Morgan fingerprint density at radius 3 is 2.07 bits per heavy atom. The van der Waals surface area contributed by atoms with E-state index >= 15 is 0 Å². The number of amides is 2. The van der Waals surface area contributed by atoms with E-state index in [1.165, 1.54) is 11.8 Å². The lowest BCUT2D eigenvalue weighted by molar-refractivity contribution is -0.139. The van der Waals surface area contributed by atoms with Crippen molar-refractivity contribution in [3.8, 4) is 17.2 Å². The van der Waals surface area contributed by atoms with Crippen LogP contribution in [-0.4, -0.2) is 55.0 Å². The Morgan fingerprint density at radius 2 is 1.63 bits per heavy atom. The van der Waals surface area contributed by atoms with Gasteiger partial charge in [-0.2, -0.15) is 11.8 Å². The average Bonchev–Trinajstić information content (AvgIpc) is 2.61. The molecule has 152 valence electrons. The first-order chi connectivity index (χ1) is 13.0. The summed E-state index contributed by atoms with van der Waals surface area (Å²) in [6.07, 6.45) is 2.21. The van der Waals surface area contributed by atoms with Crippen LogP contribution in [0.3, 0.4) is 0 Å². The second-order valence-corrected chi connectivity index (χ2v) is 6.36. The maximum Gasteiger partial charge on any atom is 0.326 e. The fourth-order valence-electron chi connectivity index (χ4n) is 2.28. The van der Waals surface area contributed by atoms with E-state index in [-0.39, 0.29) is 0 Å². The van der Waals surface area contributed by atoms with Crippen molar-refractivity contribution >= 4 is 29.4 Å². The van der Waals surface area contributed by atoms with Gasteiger partial charge in [0.1, 0.15) is 6.04 Å². The molecule has 0 aliphatic carbocycles. The Kier molecular flexibility index (Phi) is 10.2. The zero-order valence-electron chi connectivity index (χ0n) is 16.2. The van der Waals surface area contributed by atoms with Gasteiger partial charge in [0.15, 0.2) is 11.5 Å². The van der Waals surface area contributed by atoms with E-state index in [2.05, 4.69) is 10.6 Å². The van der Waals surface area contributed by atoms with Crippen LogP contribution in [-0.2, 0) is 4.79 Å². The fraction of sp³-hybridized carbons (Fsp3) is 0.556. The minimum atomic E-state index is -1.07. The lowest BCUT2D eigenvalue weighted by Gasteiger charge is -2.18. The molecule has 1 unspecified atom stereocenters. The molecule has 0 bridgehead atoms. The van der Waals surface area contributed by atoms with E-state index in [0.29, 0.717) is 54.9 Å². The maximum absolute atomic E-state index is 12.2. The van der Waals surface area contributed by atoms with Crippen molar-refractivity contribution < 1.29 is 28.9 Å². The van der Waals surface area contributed by atoms with Crippen LogP contribution >= 0.6 is 11.8 Å². The molecule has 2 amide bonds. The lowest BCUT2D eigenvalue weighted by atomic mass is 10.2. The van der Waals surface area contributed by atoms with Crippen LogP contribution in [0.2, 0.25) is 0 Å². The third-order valence-corrected chi connectivity index (χ3v) is 4.03. The van der Waals surface area contributed by atoms with Crippen LogP contribution < -0.4 is 24.8 Å². The van der Waals surface area contributed by atoms with Gasteiger partial charge < -0.3 is 30.0 Å². The van der Waals surface area contributed by atoms with Crippen LogP contribution in [0.5, 0.6) is 17.2 Å². The Labute approximate surface area is 163 Å². The van der Waals surface area contributed by atoms with E-state index in [4.69, 9.17) is 14.2 Å². The molecule has 0 fully saturated rings. The number of hydrogen-bond donors (Lipinski definition) is 3. The summed E-state index contributed by atoms with van der Waals surface area (Å²) in [5.41, 5.74) is 0.414. The molecule has 0 heterocycles. The largest absolute Gasteiger partial charge is 0.490 e. The van der Waals surface area contributed by atoms with Crippen LogP contribution in [0.15, 0.2) is 12.1 Å². The van der Waals surface area contributed by atoms with Crippen LogP contribution in [0, 0.1) is 0 Å². The molecule has 1 atom stereocenters. The summed E-state index contributed by atoms with van der Waals surface area (Å²) in [4.78, 5) is 23.5. The Bertz CT molecular complexity index is 599. The third kappa shape index (κ3) is 7.46. The Balaban J connectivity index is 3.00. The number of benzene rings is 1. The molecule has 0 aliphatic rings. The average molecular weight is 400 g/mol. The standard InChI is InChI=1S/C18H28N2O6S/c1-5-24-14-10-12(11-15(25-6-2)16(14)26-7-3)19-18(23)20-13(17(21)22)8-9-27-4/h10-11,13H,5-9H2,1-4H3,(H,21,22)(H2,19,20,23). The van der Waals surface area contributed by atoms with Crippen molar-refractivity contribution in [2.24, 2.45) is 0 Å². The number of aliphatic carboxylic acids is 1. The molecular formula is C18H28N2O6S. The number of ether oxygens (including phenoxy) is 3. The second kappa shape index (κ2) is 12.2. The highest BCUT2D eigenvalue weighted by Crippen LogP contribution is 2.40. The molecule has 0 saturated heterocycles. The van der Waals surface area contributed by atoms with Gasteiger partial charge in [-0.3, -0.25) is 0 Å². The summed E-state index contributed by atoms with van der Waals surface area (Å²) in [5.74, 6) is 0.908. The van der Waals surface area contributed by atoms with Gasteiger partial charge in [0, 0.05) is 12.1 Å². The molecule has 0 saturated carbocycles. The van der Waals surface area contributed by atoms with E-state index < -0.39 is 18.0 Å². The summed E-state index contributed by atoms with van der Waals surface area (Å²) in [5, 5.41) is 14.3. The minimum absolute atomic E-state index is 0.335. The van der Waals surface area contributed by atoms with Gasteiger partial charge in [-0.05, 0) is 39.2 Å². The Hall–Kier alpha value is -2.29. The highest BCUT2D eigenvalue weighted by molar-refractivity contribution is 7.98. The number of thioether (sulfide) groups is 1. The normalized spacial score (nSPS) is 11.4. The number of urea groups is 1. The molecule has 9 heteroatoms.